The highest BCUT2D eigenvalue weighted by Crippen LogP contribution is 2.05. The molecule has 16 heavy (non-hydrogen) atoms. The summed E-state index contributed by atoms with van der Waals surface area (Å²) in [4.78, 5) is 24.6. The van der Waals surface area contributed by atoms with Gasteiger partial charge in [0, 0.05) is 25.9 Å². The van der Waals surface area contributed by atoms with Crippen molar-refractivity contribution >= 4 is 11.8 Å². The van der Waals surface area contributed by atoms with Crippen molar-refractivity contribution in [2.24, 2.45) is 0 Å². The summed E-state index contributed by atoms with van der Waals surface area (Å²) in [6.45, 7) is 1.54. The van der Waals surface area contributed by atoms with E-state index in [2.05, 4.69) is 11.2 Å². The molecule has 0 aromatic carbocycles. The molecule has 1 fully saturated rings. The van der Waals surface area contributed by atoms with Crippen LogP contribution in [0, 0.1) is 12.3 Å². The van der Waals surface area contributed by atoms with Crippen molar-refractivity contribution in [1.82, 2.24) is 10.2 Å². The van der Waals surface area contributed by atoms with Gasteiger partial charge in [0.2, 0.25) is 11.8 Å². The molecule has 0 bridgehead atoms. The molecule has 1 saturated heterocycles. The highest BCUT2D eigenvalue weighted by molar-refractivity contribution is 5.85. The Hall–Kier alpha value is -1.50. The minimum Gasteiger partial charge on any atom is -0.354 e. The van der Waals surface area contributed by atoms with Crippen LogP contribution in [0.15, 0.2) is 0 Å². The topological polar surface area (TPSA) is 49.4 Å². The number of amides is 2. The van der Waals surface area contributed by atoms with Crippen molar-refractivity contribution < 1.29 is 9.59 Å². The van der Waals surface area contributed by atoms with E-state index in [0.29, 0.717) is 25.9 Å². The van der Waals surface area contributed by atoms with Gasteiger partial charge in [0.05, 0.1) is 6.54 Å². The summed E-state index contributed by atoms with van der Waals surface area (Å²) < 4.78 is 0. The summed E-state index contributed by atoms with van der Waals surface area (Å²) in [5.74, 6) is 2.55. The van der Waals surface area contributed by atoms with Crippen LogP contribution in [0.5, 0.6) is 0 Å². The van der Waals surface area contributed by atoms with Crippen LogP contribution >= 0.6 is 0 Å². The van der Waals surface area contributed by atoms with Crippen LogP contribution in [0.3, 0.4) is 0 Å². The Balaban J connectivity index is 2.29. The van der Waals surface area contributed by atoms with Crippen LogP contribution in [0.4, 0.5) is 0 Å². The van der Waals surface area contributed by atoms with Crippen LogP contribution in [-0.4, -0.2) is 36.3 Å². The van der Waals surface area contributed by atoms with Crippen molar-refractivity contribution in [2.75, 3.05) is 19.6 Å². The first-order chi connectivity index (χ1) is 7.74. The van der Waals surface area contributed by atoms with E-state index in [1.54, 1.807) is 4.90 Å². The first kappa shape index (κ1) is 12.6. The Bertz CT molecular complexity index is 294. The van der Waals surface area contributed by atoms with E-state index >= 15 is 0 Å². The average molecular weight is 222 g/mol. The average Bonchev–Trinajstić information content (AvgIpc) is 2.49. The predicted octanol–water partition coefficient (Wildman–Crippen LogP) is 0.528. The van der Waals surface area contributed by atoms with E-state index in [1.807, 2.05) is 0 Å². The lowest BCUT2D eigenvalue weighted by molar-refractivity contribution is -0.135. The zero-order valence-corrected chi connectivity index (χ0v) is 9.50. The SMILES string of the molecule is C#CCCCCC(=O)N1CCCNC(=O)C1. The molecule has 4 heteroatoms. The lowest BCUT2D eigenvalue weighted by atomic mass is 10.2. The molecule has 2 amide bonds. The third-order valence-corrected chi connectivity index (χ3v) is 2.58. The lowest BCUT2D eigenvalue weighted by Crippen LogP contribution is -2.37. The third-order valence-electron chi connectivity index (χ3n) is 2.58. The van der Waals surface area contributed by atoms with Gasteiger partial charge in [-0.15, -0.1) is 12.3 Å². The van der Waals surface area contributed by atoms with Gasteiger partial charge in [0.25, 0.3) is 0 Å². The standard InChI is InChI=1S/C12H18N2O2/c1-2-3-4-5-7-12(16)14-9-6-8-13-11(15)10-14/h1H,3-10H2,(H,13,15). The Morgan fingerprint density at radius 1 is 1.50 bits per heavy atom. The maximum absolute atomic E-state index is 11.8. The Morgan fingerprint density at radius 2 is 2.31 bits per heavy atom. The maximum atomic E-state index is 11.8. The van der Waals surface area contributed by atoms with Gasteiger partial charge >= 0.3 is 0 Å². The summed E-state index contributed by atoms with van der Waals surface area (Å²) in [6, 6.07) is 0. The third kappa shape index (κ3) is 4.35. The van der Waals surface area contributed by atoms with Crippen LogP contribution in [0.2, 0.25) is 0 Å². The predicted molar refractivity (Wildman–Crippen MR) is 61.5 cm³/mol. The molecule has 1 N–H and O–H groups in total. The molecule has 0 radical (unpaired) electrons. The maximum Gasteiger partial charge on any atom is 0.239 e. The van der Waals surface area contributed by atoms with Crippen LogP contribution in [0.1, 0.15) is 32.1 Å². The number of terminal acetylenes is 1. The second kappa shape index (κ2) is 6.89. The minimum atomic E-state index is -0.0607. The van der Waals surface area contributed by atoms with Gasteiger partial charge in [-0.25, -0.2) is 0 Å². The van der Waals surface area contributed by atoms with Gasteiger partial charge in [-0.1, -0.05) is 0 Å². The minimum absolute atomic E-state index is 0.0607. The summed E-state index contributed by atoms with van der Waals surface area (Å²) in [5, 5.41) is 2.75. The summed E-state index contributed by atoms with van der Waals surface area (Å²) >= 11 is 0. The number of nitrogens with one attached hydrogen (secondary N) is 1. The Morgan fingerprint density at radius 3 is 3.06 bits per heavy atom. The molecule has 4 nitrogen and oxygen atoms in total. The Kier molecular flexibility index (Phi) is 5.41. The smallest absolute Gasteiger partial charge is 0.239 e. The van der Waals surface area contributed by atoms with Crippen molar-refractivity contribution in [2.45, 2.75) is 32.1 Å². The molecule has 0 aromatic rings. The molecule has 0 unspecified atom stereocenters. The molecular weight excluding hydrogens is 204 g/mol. The van der Waals surface area contributed by atoms with Crippen LogP contribution in [-0.2, 0) is 9.59 Å². The highest BCUT2D eigenvalue weighted by Gasteiger charge is 2.18. The molecule has 0 aromatic heterocycles. The number of rotatable bonds is 4. The van der Waals surface area contributed by atoms with Crippen molar-refractivity contribution in [3.05, 3.63) is 0 Å². The van der Waals surface area contributed by atoms with E-state index < -0.39 is 0 Å². The molecule has 0 spiro atoms. The second-order valence-corrected chi connectivity index (χ2v) is 3.93. The fraction of sp³-hybridized carbons (Fsp3) is 0.667. The number of nitrogens with zero attached hydrogens (tertiary/aromatic N) is 1. The summed E-state index contributed by atoms with van der Waals surface area (Å²) in [6.07, 6.45) is 8.86. The lowest BCUT2D eigenvalue weighted by Gasteiger charge is -2.18. The van der Waals surface area contributed by atoms with Gasteiger partial charge in [0.15, 0.2) is 0 Å². The molecule has 88 valence electrons. The van der Waals surface area contributed by atoms with Crippen molar-refractivity contribution in [3.8, 4) is 12.3 Å². The monoisotopic (exact) mass is 222 g/mol. The zero-order chi connectivity index (χ0) is 11.8. The molecule has 1 aliphatic heterocycles. The number of unbranched alkanes of at least 4 members (excludes halogenated alkanes) is 2. The molecule has 0 saturated carbocycles. The summed E-state index contributed by atoms with van der Waals surface area (Å²) in [7, 11) is 0. The van der Waals surface area contributed by atoms with Gasteiger partial charge in [0.1, 0.15) is 0 Å². The number of carbonyl (C=O) groups is 2. The molecular formula is C12H18N2O2. The fourth-order valence-electron chi connectivity index (χ4n) is 1.68. The number of hydrogen-bond acceptors (Lipinski definition) is 2. The molecule has 0 atom stereocenters. The van der Waals surface area contributed by atoms with Crippen molar-refractivity contribution in [3.63, 3.8) is 0 Å². The largest absolute Gasteiger partial charge is 0.354 e. The van der Waals surface area contributed by atoms with Gasteiger partial charge < -0.3 is 10.2 Å². The van der Waals surface area contributed by atoms with E-state index in [1.165, 1.54) is 0 Å². The van der Waals surface area contributed by atoms with Crippen LogP contribution < -0.4 is 5.32 Å². The van der Waals surface area contributed by atoms with Gasteiger partial charge in [-0.2, -0.15) is 0 Å². The van der Waals surface area contributed by atoms with E-state index in [-0.39, 0.29) is 18.4 Å². The zero-order valence-electron chi connectivity index (χ0n) is 9.50. The number of hydrogen-bond donors (Lipinski definition) is 1. The summed E-state index contributed by atoms with van der Waals surface area (Å²) in [5.41, 5.74) is 0. The Labute approximate surface area is 96.4 Å². The molecule has 1 rings (SSSR count). The van der Waals surface area contributed by atoms with Gasteiger partial charge in [-0.05, 0) is 19.3 Å². The molecule has 1 heterocycles. The molecule has 0 aliphatic carbocycles. The first-order valence-corrected chi connectivity index (χ1v) is 5.72. The second-order valence-electron chi connectivity index (χ2n) is 3.93. The normalized spacial score (nSPS) is 16.2. The van der Waals surface area contributed by atoms with Gasteiger partial charge in [-0.3, -0.25) is 9.59 Å². The van der Waals surface area contributed by atoms with Crippen molar-refractivity contribution in [1.29, 1.82) is 0 Å². The molecule has 1 aliphatic rings. The highest BCUT2D eigenvalue weighted by atomic mass is 16.2. The van der Waals surface area contributed by atoms with E-state index in [4.69, 9.17) is 6.42 Å². The van der Waals surface area contributed by atoms with Crippen LogP contribution in [0.25, 0.3) is 0 Å². The number of carbonyl (C=O) groups excluding carboxylic acids is 2. The fourth-order valence-corrected chi connectivity index (χ4v) is 1.68. The quantitative estimate of drug-likeness (QED) is 0.557. The van der Waals surface area contributed by atoms with E-state index in [9.17, 15) is 9.59 Å². The van der Waals surface area contributed by atoms with E-state index in [0.717, 1.165) is 19.3 Å². The first-order valence-electron chi connectivity index (χ1n) is 5.72.